The molecule has 1 amide bonds. The zero-order valence-corrected chi connectivity index (χ0v) is 10.2. The molecule has 0 heterocycles. The fourth-order valence-electron chi connectivity index (χ4n) is 1.99. The fourth-order valence-corrected chi connectivity index (χ4v) is 1.99. The first-order chi connectivity index (χ1) is 8.66. The molecule has 0 saturated heterocycles. The molecule has 0 fully saturated rings. The minimum absolute atomic E-state index is 0.170. The Morgan fingerprint density at radius 3 is 2.72 bits per heavy atom. The maximum atomic E-state index is 11.1. The summed E-state index contributed by atoms with van der Waals surface area (Å²) in [4.78, 5) is 11.1. The van der Waals surface area contributed by atoms with Crippen molar-refractivity contribution < 1.29 is 14.6 Å². The number of aliphatic hydroxyl groups excluding tert-OH is 1. The molecular formula is C14H17NO3. The summed E-state index contributed by atoms with van der Waals surface area (Å²) >= 11 is 0. The van der Waals surface area contributed by atoms with Crippen LogP contribution >= 0.6 is 0 Å². The highest BCUT2D eigenvalue weighted by atomic mass is 16.5. The van der Waals surface area contributed by atoms with Gasteiger partial charge in [0, 0.05) is 6.92 Å². The second-order valence-corrected chi connectivity index (χ2v) is 4.36. The number of aliphatic hydroxyl groups is 1. The lowest BCUT2D eigenvalue weighted by Crippen LogP contribution is -2.46. The van der Waals surface area contributed by atoms with Crippen LogP contribution in [0.4, 0.5) is 0 Å². The van der Waals surface area contributed by atoms with Crippen molar-refractivity contribution in [2.75, 3.05) is 0 Å². The SMILES string of the molecule is CC(=O)N[C@H]1[C@@H](O)C=C[C@H]1OCc1ccccc1. The lowest BCUT2D eigenvalue weighted by molar-refractivity contribution is -0.121. The van der Waals surface area contributed by atoms with E-state index in [9.17, 15) is 9.90 Å². The third-order valence-corrected chi connectivity index (χ3v) is 2.88. The topological polar surface area (TPSA) is 58.6 Å². The molecular weight excluding hydrogens is 230 g/mol. The molecule has 1 aromatic rings. The van der Waals surface area contributed by atoms with Crippen molar-refractivity contribution in [1.29, 1.82) is 0 Å². The van der Waals surface area contributed by atoms with Gasteiger partial charge in [0.05, 0.1) is 24.9 Å². The Kier molecular flexibility index (Phi) is 4.12. The van der Waals surface area contributed by atoms with Crippen LogP contribution in [0.15, 0.2) is 42.5 Å². The van der Waals surface area contributed by atoms with Crippen LogP contribution in [0.2, 0.25) is 0 Å². The zero-order chi connectivity index (χ0) is 13.0. The van der Waals surface area contributed by atoms with Crippen LogP contribution in [0.1, 0.15) is 12.5 Å². The number of ether oxygens (including phenoxy) is 1. The Morgan fingerprint density at radius 1 is 1.33 bits per heavy atom. The molecule has 0 unspecified atom stereocenters. The molecule has 18 heavy (non-hydrogen) atoms. The third-order valence-electron chi connectivity index (χ3n) is 2.88. The van der Waals surface area contributed by atoms with Crippen LogP contribution in [0.3, 0.4) is 0 Å². The lowest BCUT2D eigenvalue weighted by Gasteiger charge is -2.23. The smallest absolute Gasteiger partial charge is 0.217 e. The van der Waals surface area contributed by atoms with Gasteiger partial charge < -0.3 is 15.2 Å². The third kappa shape index (κ3) is 3.18. The standard InChI is InChI=1S/C14H17NO3/c1-10(16)15-14-12(17)7-8-13(14)18-9-11-5-3-2-4-6-11/h2-8,12-14,17H,9H2,1H3,(H,15,16)/t12-,13+,14-/m0/s1. The zero-order valence-electron chi connectivity index (χ0n) is 10.2. The van der Waals surface area contributed by atoms with Gasteiger partial charge in [-0.2, -0.15) is 0 Å². The van der Waals surface area contributed by atoms with Gasteiger partial charge in [-0.15, -0.1) is 0 Å². The van der Waals surface area contributed by atoms with E-state index in [0.29, 0.717) is 6.61 Å². The average molecular weight is 247 g/mol. The van der Waals surface area contributed by atoms with Crippen molar-refractivity contribution in [3.05, 3.63) is 48.0 Å². The second-order valence-electron chi connectivity index (χ2n) is 4.36. The molecule has 0 aliphatic heterocycles. The molecule has 1 aromatic carbocycles. The number of carbonyl (C=O) groups excluding carboxylic acids is 1. The van der Waals surface area contributed by atoms with E-state index in [2.05, 4.69) is 5.32 Å². The first-order valence-electron chi connectivity index (χ1n) is 5.96. The van der Waals surface area contributed by atoms with Gasteiger partial charge in [0.1, 0.15) is 0 Å². The number of nitrogens with one attached hydrogen (secondary N) is 1. The number of benzene rings is 1. The van der Waals surface area contributed by atoms with Gasteiger partial charge in [0.15, 0.2) is 0 Å². The predicted octanol–water partition coefficient (Wildman–Crippen LogP) is 1.01. The summed E-state index contributed by atoms with van der Waals surface area (Å²) in [6, 6.07) is 9.40. The molecule has 0 aromatic heterocycles. The quantitative estimate of drug-likeness (QED) is 0.781. The summed E-state index contributed by atoms with van der Waals surface area (Å²) in [5.74, 6) is -0.170. The summed E-state index contributed by atoms with van der Waals surface area (Å²) in [6.07, 6.45) is 2.46. The van der Waals surface area contributed by atoms with Crippen molar-refractivity contribution in [2.45, 2.75) is 31.8 Å². The summed E-state index contributed by atoms with van der Waals surface area (Å²) in [7, 11) is 0. The predicted molar refractivity (Wildman–Crippen MR) is 67.8 cm³/mol. The summed E-state index contributed by atoms with van der Waals surface area (Å²) < 4.78 is 5.71. The van der Waals surface area contributed by atoms with E-state index in [4.69, 9.17) is 4.74 Å². The van der Waals surface area contributed by atoms with E-state index in [-0.39, 0.29) is 12.0 Å². The van der Waals surface area contributed by atoms with Crippen molar-refractivity contribution in [2.24, 2.45) is 0 Å². The highest BCUT2D eigenvalue weighted by Gasteiger charge is 2.31. The normalized spacial score (nSPS) is 26.2. The van der Waals surface area contributed by atoms with E-state index in [0.717, 1.165) is 5.56 Å². The van der Waals surface area contributed by atoms with E-state index < -0.39 is 12.1 Å². The van der Waals surface area contributed by atoms with E-state index in [1.807, 2.05) is 30.3 Å². The van der Waals surface area contributed by atoms with E-state index in [1.165, 1.54) is 6.92 Å². The Labute approximate surface area is 106 Å². The maximum absolute atomic E-state index is 11.1. The van der Waals surface area contributed by atoms with Crippen molar-refractivity contribution in [3.63, 3.8) is 0 Å². The molecule has 2 rings (SSSR count). The molecule has 1 aliphatic rings. The molecule has 2 N–H and O–H groups in total. The Balaban J connectivity index is 1.92. The van der Waals surface area contributed by atoms with Crippen molar-refractivity contribution in [1.82, 2.24) is 5.32 Å². The largest absolute Gasteiger partial charge is 0.387 e. The first-order valence-corrected chi connectivity index (χ1v) is 5.96. The van der Waals surface area contributed by atoms with Gasteiger partial charge in [-0.05, 0) is 5.56 Å². The van der Waals surface area contributed by atoms with Gasteiger partial charge in [0.25, 0.3) is 0 Å². The lowest BCUT2D eigenvalue weighted by atomic mass is 10.1. The van der Waals surface area contributed by atoms with E-state index in [1.54, 1.807) is 12.2 Å². The van der Waals surface area contributed by atoms with Gasteiger partial charge in [-0.3, -0.25) is 4.79 Å². The number of carbonyl (C=O) groups is 1. The highest BCUT2D eigenvalue weighted by molar-refractivity contribution is 5.73. The monoisotopic (exact) mass is 247 g/mol. The molecule has 0 bridgehead atoms. The van der Waals surface area contributed by atoms with Crippen molar-refractivity contribution in [3.8, 4) is 0 Å². The van der Waals surface area contributed by atoms with Gasteiger partial charge >= 0.3 is 0 Å². The van der Waals surface area contributed by atoms with Gasteiger partial charge in [0.2, 0.25) is 5.91 Å². The maximum Gasteiger partial charge on any atom is 0.217 e. The number of hydrogen-bond acceptors (Lipinski definition) is 3. The first kappa shape index (κ1) is 12.8. The second kappa shape index (κ2) is 5.80. The number of rotatable bonds is 4. The minimum atomic E-state index is -0.685. The highest BCUT2D eigenvalue weighted by Crippen LogP contribution is 2.17. The van der Waals surface area contributed by atoms with Crippen LogP contribution < -0.4 is 5.32 Å². The molecule has 0 saturated carbocycles. The van der Waals surface area contributed by atoms with Crippen LogP contribution in [-0.4, -0.2) is 29.3 Å². The summed E-state index contributed by atoms with van der Waals surface area (Å²) in [5, 5.41) is 12.4. The molecule has 0 spiro atoms. The molecule has 4 nitrogen and oxygen atoms in total. The summed E-state index contributed by atoms with van der Waals surface area (Å²) in [6.45, 7) is 1.89. The Morgan fingerprint density at radius 2 is 2.06 bits per heavy atom. The van der Waals surface area contributed by atoms with Gasteiger partial charge in [-0.1, -0.05) is 42.5 Å². The van der Waals surface area contributed by atoms with Crippen molar-refractivity contribution >= 4 is 5.91 Å². The molecule has 96 valence electrons. The van der Waals surface area contributed by atoms with Crippen LogP contribution in [0.25, 0.3) is 0 Å². The fraction of sp³-hybridized carbons (Fsp3) is 0.357. The Bertz CT molecular complexity index is 430. The average Bonchev–Trinajstić information content (AvgIpc) is 2.69. The number of hydrogen-bond donors (Lipinski definition) is 2. The molecule has 4 heteroatoms. The molecule has 1 aliphatic carbocycles. The van der Waals surface area contributed by atoms with Crippen LogP contribution in [-0.2, 0) is 16.1 Å². The van der Waals surface area contributed by atoms with E-state index >= 15 is 0 Å². The molecule has 0 radical (unpaired) electrons. The Hall–Kier alpha value is -1.65. The summed E-state index contributed by atoms with van der Waals surface area (Å²) in [5.41, 5.74) is 1.06. The van der Waals surface area contributed by atoms with Crippen LogP contribution in [0, 0.1) is 0 Å². The number of amides is 1. The van der Waals surface area contributed by atoms with Crippen LogP contribution in [0.5, 0.6) is 0 Å². The molecule has 3 atom stereocenters. The van der Waals surface area contributed by atoms with Gasteiger partial charge in [-0.25, -0.2) is 0 Å². The minimum Gasteiger partial charge on any atom is -0.387 e.